The van der Waals surface area contributed by atoms with Crippen LogP contribution in [0.5, 0.6) is 0 Å². The third kappa shape index (κ3) is 3.67. The van der Waals surface area contributed by atoms with Crippen molar-refractivity contribution in [3.63, 3.8) is 0 Å². The van der Waals surface area contributed by atoms with Crippen LogP contribution in [0.15, 0.2) is 18.3 Å². The van der Waals surface area contributed by atoms with Gasteiger partial charge in [0.15, 0.2) is 0 Å². The summed E-state index contributed by atoms with van der Waals surface area (Å²) in [6.07, 6.45) is 3.57. The smallest absolute Gasteiger partial charge is 0.354 e. The number of likely N-dealkylation sites (N-methyl/N-ethyl adjacent to an activating group) is 1. The summed E-state index contributed by atoms with van der Waals surface area (Å²) in [5.41, 5.74) is 0.413. The van der Waals surface area contributed by atoms with Gasteiger partial charge in [-0.25, -0.2) is 14.6 Å². The Morgan fingerprint density at radius 3 is 2.85 bits per heavy atom. The van der Waals surface area contributed by atoms with Gasteiger partial charge in [0, 0.05) is 12.6 Å². The maximum atomic E-state index is 11.7. The molecule has 1 saturated heterocycles. The zero-order chi connectivity index (χ0) is 14.5. The number of urea groups is 1. The van der Waals surface area contributed by atoms with Crippen LogP contribution in [0.1, 0.15) is 23.3 Å². The van der Waals surface area contributed by atoms with E-state index in [1.807, 2.05) is 7.05 Å². The van der Waals surface area contributed by atoms with E-state index in [-0.39, 0.29) is 11.7 Å². The number of hydrogen-bond acceptors (Lipinski definition) is 4. The molecular weight excluding hydrogens is 260 g/mol. The number of pyridine rings is 1. The third-order valence-electron chi connectivity index (χ3n) is 3.41. The van der Waals surface area contributed by atoms with E-state index in [1.165, 1.54) is 18.3 Å². The summed E-state index contributed by atoms with van der Waals surface area (Å²) >= 11 is 0. The summed E-state index contributed by atoms with van der Waals surface area (Å²) in [5.74, 6) is -1.09. The molecule has 0 aromatic carbocycles. The Hall–Kier alpha value is -2.15. The molecule has 1 aliphatic heterocycles. The number of carbonyl (C=O) groups excluding carboxylic acids is 1. The first-order chi connectivity index (χ1) is 9.56. The van der Waals surface area contributed by atoms with Gasteiger partial charge < -0.3 is 20.6 Å². The van der Waals surface area contributed by atoms with E-state index in [0.717, 1.165) is 19.4 Å². The van der Waals surface area contributed by atoms with Crippen molar-refractivity contribution in [3.8, 4) is 0 Å². The molecule has 20 heavy (non-hydrogen) atoms. The van der Waals surface area contributed by atoms with Crippen LogP contribution in [0.3, 0.4) is 0 Å². The van der Waals surface area contributed by atoms with Crippen LogP contribution < -0.4 is 10.6 Å². The molecule has 7 heteroatoms. The highest BCUT2D eigenvalue weighted by Crippen LogP contribution is 2.13. The second kappa shape index (κ2) is 6.33. The van der Waals surface area contributed by atoms with Gasteiger partial charge in [0.05, 0.1) is 11.9 Å². The summed E-state index contributed by atoms with van der Waals surface area (Å²) in [5, 5.41) is 14.1. The van der Waals surface area contributed by atoms with Crippen molar-refractivity contribution < 1.29 is 14.7 Å². The summed E-state index contributed by atoms with van der Waals surface area (Å²) < 4.78 is 0. The van der Waals surface area contributed by atoms with Crippen molar-refractivity contribution in [1.82, 2.24) is 15.2 Å². The zero-order valence-corrected chi connectivity index (χ0v) is 11.3. The number of nitrogens with one attached hydrogen (secondary N) is 2. The Kier molecular flexibility index (Phi) is 4.52. The minimum atomic E-state index is -1.09. The number of carboxylic acid groups (broad SMARTS) is 1. The molecule has 2 heterocycles. The molecule has 1 unspecified atom stereocenters. The van der Waals surface area contributed by atoms with Crippen molar-refractivity contribution in [1.29, 1.82) is 0 Å². The lowest BCUT2D eigenvalue weighted by molar-refractivity contribution is 0.0690. The number of nitrogens with zero attached hydrogens (tertiary/aromatic N) is 2. The molecule has 1 aliphatic rings. The number of rotatable bonds is 4. The number of amides is 2. The lowest BCUT2D eigenvalue weighted by Crippen LogP contribution is -2.40. The molecule has 1 aromatic heterocycles. The maximum Gasteiger partial charge on any atom is 0.354 e. The molecule has 0 bridgehead atoms. The molecular formula is C13H18N4O3. The van der Waals surface area contributed by atoms with Crippen LogP contribution in [0.25, 0.3) is 0 Å². The number of hydrogen-bond donors (Lipinski definition) is 3. The highest BCUT2D eigenvalue weighted by atomic mass is 16.4. The number of likely N-dealkylation sites (tertiary alicyclic amines) is 1. The van der Waals surface area contributed by atoms with Crippen molar-refractivity contribution in [2.75, 3.05) is 25.5 Å². The molecule has 0 spiro atoms. The number of carboxylic acids is 1. The lowest BCUT2D eigenvalue weighted by Gasteiger charge is -2.19. The summed E-state index contributed by atoms with van der Waals surface area (Å²) in [4.78, 5) is 28.3. The number of aromatic carboxylic acids is 1. The van der Waals surface area contributed by atoms with Gasteiger partial charge in [0.1, 0.15) is 5.69 Å². The average molecular weight is 278 g/mol. The fraction of sp³-hybridized carbons (Fsp3) is 0.462. The quantitative estimate of drug-likeness (QED) is 0.763. The second-order valence-corrected chi connectivity index (χ2v) is 4.85. The fourth-order valence-corrected chi connectivity index (χ4v) is 2.22. The van der Waals surface area contributed by atoms with Crippen LogP contribution >= 0.6 is 0 Å². The van der Waals surface area contributed by atoms with Gasteiger partial charge in [0.2, 0.25) is 0 Å². The van der Waals surface area contributed by atoms with Crippen LogP contribution in [-0.4, -0.2) is 53.2 Å². The van der Waals surface area contributed by atoms with E-state index in [0.29, 0.717) is 18.3 Å². The Morgan fingerprint density at radius 2 is 2.30 bits per heavy atom. The minimum Gasteiger partial charge on any atom is -0.477 e. The Balaban J connectivity index is 1.80. The molecule has 0 saturated carbocycles. The van der Waals surface area contributed by atoms with Gasteiger partial charge in [-0.05, 0) is 38.6 Å². The molecule has 0 aliphatic carbocycles. The van der Waals surface area contributed by atoms with Crippen molar-refractivity contribution in [2.24, 2.45) is 0 Å². The molecule has 2 amide bonds. The van der Waals surface area contributed by atoms with E-state index in [2.05, 4.69) is 20.5 Å². The van der Waals surface area contributed by atoms with Gasteiger partial charge >= 0.3 is 12.0 Å². The van der Waals surface area contributed by atoms with Gasteiger partial charge in [-0.3, -0.25) is 0 Å². The zero-order valence-electron chi connectivity index (χ0n) is 11.3. The highest BCUT2D eigenvalue weighted by Gasteiger charge is 2.20. The SMILES string of the molecule is CN1CCCC1CNC(=O)Nc1ccc(C(=O)O)nc1. The summed E-state index contributed by atoms with van der Waals surface area (Å²) in [7, 11) is 2.05. The molecule has 0 radical (unpaired) electrons. The van der Waals surface area contributed by atoms with Crippen LogP contribution in [0.4, 0.5) is 10.5 Å². The maximum absolute atomic E-state index is 11.7. The topological polar surface area (TPSA) is 94.6 Å². The lowest BCUT2D eigenvalue weighted by atomic mass is 10.2. The van der Waals surface area contributed by atoms with E-state index in [1.54, 1.807) is 0 Å². The Morgan fingerprint density at radius 1 is 1.50 bits per heavy atom. The van der Waals surface area contributed by atoms with Gasteiger partial charge in [0.25, 0.3) is 0 Å². The first-order valence-corrected chi connectivity index (χ1v) is 6.50. The monoisotopic (exact) mass is 278 g/mol. The van der Waals surface area contributed by atoms with Crippen molar-refractivity contribution in [3.05, 3.63) is 24.0 Å². The van der Waals surface area contributed by atoms with Gasteiger partial charge in [-0.1, -0.05) is 0 Å². The molecule has 3 N–H and O–H groups in total. The van der Waals surface area contributed by atoms with Crippen LogP contribution in [-0.2, 0) is 0 Å². The summed E-state index contributed by atoms with van der Waals surface area (Å²) in [6.45, 7) is 1.66. The van der Waals surface area contributed by atoms with Crippen molar-refractivity contribution >= 4 is 17.7 Å². The predicted octanol–water partition coefficient (Wildman–Crippen LogP) is 0.995. The molecule has 2 rings (SSSR count). The van der Waals surface area contributed by atoms with E-state index in [9.17, 15) is 9.59 Å². The third-order valence-corrected chi connectivity index (χ3v) is 3.41. The first kappa shape index (κ1) is 14.3. The summed E-state index contributed by atoms with van der Waals surface area (Å²) in [6, 6.07) is 2.93. The largest absolute Gasteiger partial charge is 0.477 e. The second-order valence-electron chi connectivity index (χ2n) is 4.85. The van der Waals surface area contributed by atoms with Crippen molar-refractivity contribution in [2.45, 2.75) is 18.9 Å². The highest BCUT2D eigenvalue weighted by molar-refractivity contribution is 5.90. The Bertz CT molecular complexity index is 489. The molecule has 1 fully saturated rings. The molecule has 108 valence electrons. The van der Waals surface area contributed by atoms with Gasteiger partial charge in [-0.15, -0.1) is 0 Å². The van der Waals surface area contributed by atoms with Gasteiger partial charge in [-0.2, -0.15) is 0 Å². The fourth-order valence-electron chi connectivity index (χ4n) is 2.22. The van der Waals surface area contributed by atoms with Crippen LogP contribution in [0.2, 0.25) is 0 Å². The molecule has 7 nitrogen and oxygen atoms in total. The number of anilines is 1. The normalized spacial score (nSPS) is 18.8. The van der Waals surface area contributed by atoms with E-state index >= 15 is 0 Å². The molecule has 1 aromatic rings. The predicted molar refractivity (Wildman–Crippen MR) is 73.9 cm³/mol. The molecule has 1 atom stereocenters. The standard InChI is InChI=1S/C13H18N4O3/c1-17-6-2-3-10(17)8-15-13(20)16-9-4-5-11(12(18)19)14-7-9/h4-5,7,10H,2-3,6,8H2,1H3,(H,18,19)(H2,15,16,20). The Labute approximate surface area is 117 Å². The average Bonchev–Trinajstić information content (AvgIpc) is 2.82. The van der Waals surface area contributed by atoms with E-state index in [4.69, 9.17) is 5.11 Å². The minimum absolute atomic E-state index is 0.0523. The van der Waals surface area contributed by atoms with E-state index < -0.39 is 5.97 Å². The number of aromatic nitrogens is 1. The number of carbonyl (C=O) groups is 2. The van der Waals surface area contributed by atoms with Crippen LogP contribution in [0, 0.1) is 0 Å². The first-order valence-electron chi connectivity index (χ1n) is 6.50.